The van der Waals surface area contributed by atoms with E-state index in [4.69, 9.17) is 4.74 Å². The van der Waals surface area contributed by atoms with Gasteiger partial charge in [-0.05, 0) is 27.7 Å². The number of nitrogens with zero attached hydrogens (tertiary/aromatic N) is 1. The van der Waals surface area contributed by atoms with E-state index >= 15 is 0 Å². The van der Waals surface area contributed by atoms with Crippen molar-refractivity contribution < 1.29 is 14.0 Å². The molecule has 1 amide bonds. The molecule has 0 fully saturated rings. The Morgan fingerprint density at radius 1 is 1.08 bits per heavy atom. The van der Waals surface area contributed by atoms with Gasteiger partial charge in [-0.25, -0.2) is 4.48 Å². The Balaban J connectivity index is 4.36. The minimum atomic E-state index is -0.0926. The molecule has 3 nitrogen and oxygen atoms in total. The van der Waals surface area contributed by atoms with Gasteiger partial charge in [0.1, 0.15) is 0 Å². The van der Waals surface area contributed by atoms with Gasteiger partial charge in [0.05, 0.1) is 26.2 Å². The third-order valence-corrected chi connectivity index (χ3v) is 2.47. The van der Waals surface area contributed by atoms with Crippen molar-refractivity contribution >= 4 is 6.09 Å². The molecule has 0 aliphatic rings. The van der Waals surface area contributed by atoms with Crippen molar-refractivity contribution in [3.05, 3.63) is 0 Å². The SMILES string of the molecule is CCOC(=O)[N+](CC)(CC)CC. The van der Waals surface area contributed by atoms with Gasteiger partial charge in [-0.15, -0.1) is 0 Å². The van der Waals surface area contributed by atoms with Crippen LogP contribution in [-0.4, -0.2) is 36.8 Å². The van der Waals surface area contributed by atoms with Crippen LogP contribution in [0.4, 0.5) is 4.79 Å². The summed E-state index contributed by atoms with van der Waals surface area (Å²) in [5.41, 5.74) is 0. The largest absolute Gasteiger partial charge is 0.515 e. The third-order valence-electron chi connectivity index (χ3n) is 2.47. The van der Waals surface area contributed by atoms with Crippen molar-refractivity contribution in [2.45, 2.75) is 27.7 Å². The maximum atomic E-state index is 11.5. The molecule has 0 rings (SSSR count). The zero-order valence-corrected chi connectivity index (χ0v) is 8.59. The molecule has 12 heavy (non-hydrogen) atoms. The Labute approximate surface area is 74.9 Å². The number of hydrogen-bond donors (Lipinski definition) is 0. The van der Waals surface area contributed by atoms with E-state index in [1.54, 1.807) is 0 Å². The van der Waals surface area contributed by atoms with Crippen LogP contribution in [0.3, 0.4) is 0 Å². The van der Waals surface area contributed by atoms with Gasteiger partial charge in [0.15, 0.2) is 0 Å². The van der Waals surface area contributed by atoms with Crippen LogP contribution >= 0.6 is 0 Å². The summed E-state index contributed by atoms with van der Waals surface area (Å²) in [6.45, 7) is 10.8. The molecular weight excluding hydrogens is 154 g/mol. The number of hydrogen-bond acceptors (Lipinski definition) is 2. The summed E-state index contributed by atoms with van der Waals surface area (Å²) in [5.74, 6) is 0. The van der Waals surface area contributed by atoms with E-state index in [0.717, 1.165) is 19.6 Å². The summed E-state index contributed by atoms with van der Waals surface area (Å²) in [5, 5.41) is 0. The van der Waals surface area contributed by atoms with Gasteiger partial charge >= 0.3 is 6.09 Å². The first kappa shape index (κ1) is 11.4. The molecular formula is C9H20NO2+. The summed E-state index contributed by atoms with van der Waals surface area (Å²) in [6, 6.07) is 0. The first-order chi connectivity index (χ1) is 5.66. The lowest BCUT2D eigenvalue weighted by atomic mass is 10.4. The molecule has 0 spiro atoms. The van der Waals surface area contributed by atoms with Crippen LogP contribution in [0.1, 0.15) is 27.7 Å². The number of carbonyl (C=O) groups is 1. The molecule has 0 bridgehead atoms. The monoisotopic (exact) mass is 174 g/mol. The average Bonchev–Trinajstić information content (AvgIpc) is 2.09. The van der Waals surface area contributed by atoms with Crippen LogP contribution in [0.2, 0.25) is 0 Å². The van der Waals surface area contributed by atoms with Gasteiger partial charge in [0.25, 0.3) is 0 Å². The molecule has 72 valence electrons. The molecule has 0 atom stereocenters. The molecule has 0 aliphatic carbocycles. The maximum absolute atomic E-state index is 11.5. The van der Waals surface area contributed by atoms with Crippen molar-refractivity contribution in [2.24, 2.45) is 0 Å². The first-order valence-corrected chi connectivity index (χ1v) is 4.70. The highest BCUT2D eigenvalue weighted by molar-refractivity contribution is 5.59. The molecule has 0 aromatic heterocycles. The fourth-order valence-corrected chi connectivity index (χ4v) is 1.32. The number of carbonyl (C=O) groups excluding carboxylic acids is 1. The fourth-order valence-electron chi connectivity index (χ4n) is 1.32. The lowest BCUT2D eigenvalue weighted by molar-refractivity contribution is -0.852. The number of quaternary nitrogens is 1. The van der Waals surface area contributed by atoms with Crippen LogP contribution in [0, 0.1) is 0 Å². The highest BCUT2D eigenvalue weighted by Crippen LogP contribution is 2.08. The summed E-state index contributed by atoms with van der Waals surface area (Å²) < 4.78 is 5.45. The standard InChI is InChI=1S/C9H20NO2/c1-5-10(6-2,7-3)9(11)12-8-4/h5-8H2,1-4H3/q+1. The van der Waals surface area contributed by atoms with E-state index in [-0.39, 0.29) is 6.09 Å². The zero-order valence-electron chi connectivity index (χ0n) is 8.59. The van der Waals surface area contributed by atoms with Crippen molar-refractivity contribution in [1.82, 2.24) is 0 Å². The summed E-state index contributed by atoms with van der Waals surface area (Å²) >= 11 is 0. The van der Waals surface area contributed by atoms with Crippen molar-refractivity contribution in [3.8, 4) is 0 Å². The maximum Gasteiger partial charge on any atom is 0.515 e. The zero-order chi connectivity index (χ0) is 9.61. The van der Waals surface area contributed by atoms with E-state index in [1.807, 2.05) is 27.7 Å². The van der Waals surface area contributed by atoms with Crippen LogP contribution in [0.5, 0.6) is 0 Å². The van der Waals surface area contributed by atoms with Crippen LogP contribution in [0.15, 0.2) is 0 Å². The quantitative estimate of drug-likeness (QED) is 0.609. The Hall–Kier alpha value is -0.570. The second-order valence-electron chi connectivity index (χ2n) is 2.79. The predicted molar refractivity (Wildman–Crippen MR) is 48.9 cm³/mol. The molecule has 0 unspecified atom stereocenters. The smallest absolute Gasteiger partial charge is 0.420 e. The van der Waals surface area contributed by atoms with Crippen LogP contribution in [-0.2, 0) is 4.74 Å². The van der Waals surface area contributed by atoms with E-state index in [0.29, 0.717) is 11.1 Å². The number of ether oxygens (including phenoxy) is 1. The fraction of sp³-hybridized carbons (Fsp3) is 0.889. The summed E-state index contributed by atoms with van der Waals surface area (Å²) in [6.07, 6.45) is -0.0926. The third kappa shape index (κ3) is 2.21. The van der Waals surface area contributed by atoms with Crippen LogP contribution < -0.4 is 0 Å². The molecule has 0 radical (unpaired) electrons. The van der Waals surface area contributed by atoms with Crippen LogP contribution in [0.25, 0.3) is 0 Å². The average molecular weight is 174 g/mol. The van der Waals surface area contributed by atoms with Crippen molar-refractivity contribution in [2.75, 3.05) is 26.2 Å². The molecule has 0 saturated carbocycles. The lowest BCUT2D eigenvalue weighted by Gasteiger charge is -2.30. The topological polar surface area (TPSA) is 26.3 Å². The Morgan fingerprint density at radius 2 is 1.50 bits per heavy atom. The lowest BCUT2D eigenvalue weighted by Crippen LogP contribution is -2.52. The van der Waals surface area contributed by atoms with Gasteiger partial charge in [0, 0.05) is 0 Å². The van der Waals surface area contributed by atoms with Gasteiger partial charge in [-0.1, -0.05) is 0 Å². The molecule has 3 heteroatoms. The second kappa shape index (κ2) is 5.14. The highest BCUT2D eigenvalue weighted by atomic mass is 16.6. The second-order valence-corrected chi connectivity index (χ2v) is 2.79. The Bertz CT molecular complexity index is 133. The number of rotatable bonds is 4. The summed E-state index contributed by atoms with van der Waals surface area (Å²) in [4.78, 5) is 11.5. The Morgan fingerprint density at radius 3 is 1.75 bits per heavy atom. The van der Waals surface area contributed by atoms with E-state index in [2.05, 4.69) is 0 Å². The van der Waals surface area contributed by atoms with Crippen molar-refractivity contribution in [3.63, 3.8) is 0 Å². The predicted octanol–water partition coefficient (Wildman–Crippen LogP) is 2.02. The normalized spacial score (nSPS) is 11.3. The molecule has 0 aliphatic heterocycles. The van der Waals surface area contributed by atoms with Crippen molar-refractivity contribution in [1.29, 1.82) is 0 Å². The van der Waals surface area contributed by atoms with E-state index in [9.17, 15) is 4.79 Å². The molecule has 0 N–H and O–H groups in total. The first-order valence-electron chi connectivity index (χ1n) is 4.70. The van der Waals surface area contributed by atoms with Gasteiger partial charge in [-0.2, -0.15) is 4.79 Å². The molecule has 0 saturated heterocycles. The molecule has 0 aromatic carbocycles. The molecule has 0 heterocycles. The highest BCUT2D eigenvalue weighted by Gasteiger charge is 2.32. The minimum absolute atomic E-state index is 0.0926. The van der Waals surface area contributed by atoms with Gasteiger partial charge < -0.3 is 4.74 Å². The van der Waals surface area contributed by atoms with Gasteiger partial charge in [0.2, 0.25) is 0 Å². The minimum Gasteiger partial charge on any atom is -0.420 e. The van der Waals surface area contributed by atoms with Gasteiger partial charge in [-0.3, -0.25) is 0 Å². The number of amides is 1. The van der Waals surface area contributed by atoms with E-state index < -0.39 is 0 Å². The summed E-state index contributed by atoms with van der Waals surface area (Å²) in [7, 11) is 0. The van der Waals surface area contributed by atoms with E-state index in [1.165, 1.54) is 0 Å². The molecule has 0 aromatic rings. The Kier molecular flexibility index (Phi) is 4.90.